The summed E-state index contributed by atoms with van der Waals surface area (Å²) < 4.78 is 0. The summed E-state index contributed by atoms with van der Waals surface area (Å²) in [7, 11) is 0. The van der Waals surface area contributed by atoms with Gasteiger partial charge < -0.3 is 0 Å². The van der Waals surface area contributed by atoms with E-state index in [1.54, 1.807) is 6.08 Å². The van der Waals surface area contributed by atoms with Crippen molar-refractivity contribution in [3.63, 3.8) is 0 Å². The highest BCUT2D eigenvalue weighted by Crippen LogP contribution is 2.08. The molecule has 0 rings (SSSR count). The van der Waals surface area contributed by atoms with E-state index in [9.17, 15) is 0 Å². The number of nitrogens with zero attached hydrogens (tertiary/aromatic N) is 2. The van der Waals surface area contributed by atoms with Crippen LogP contribution in [-0.2, 0) is 0 Å². The Morgan fingerprint density at radius 3 is 1.67 bits per heavy atom. The zero-order chi connectivity index (χ0) is 12.4. The first-order valence-electron chi connectivity index (χ1n) is 5.01. The molecule has 0 aliphatic carbocycles. The van der Waals surface area contributed by atoms with Crippen molar-refractivity contribution in [1.29, 1.82) is 10.5 Å². The van der Waals surface area contributed by atoms with Crippen LogP contribution in [0, 0.1) is 40.4 Å². The molecular weight excluding hydrogens is 184 g/mol. The van der Waals surface area contributed by atoms with Crippen LogP contribution in [0.1, 0.15) is 27.7 Å². The summed E-state index contributed by atoms with van der Waals surface area (Å²) in [6, 6.07) is 4.10. The smallest absolute Gasteiger partial charge is 0.0943 e. The van der Waals surface area contributed by atoms with E-state index >= 15 is 0 Å². The molecule has 0 bridgehead atoms. The molecule has 0 aromatic carbocycles. The van der Waals surface area contributed by atoms with Crippen LogP contribution in [-0.4, -0.2) is 0 Å². The highest BCUT2D eigenvalue weighted by molar-refractivity contribution is 5.17. The van der Waals surface area contributed by atoms with Crippen molar-refractivity contribution in [3.05, 3.63) is 24.8 Å². The summed E-state index contributed by atoms with van der Waals surface area (Å²) in [5.74, 6) is 0.734. The Kier molecular flexibility index (Phi) is 9.58. The minimum atomic E-state index is 0.0231. The molecule has 15 heavy (non-hydrogen) atoms. The van der Waals surface area contributed by atoms with E-state index in [0.717, 1.165) is 0 Å². The average Bonchev–Trinajstić information content (AvgIpc) is 2.18. The normalized spacial score (nSPS) is 10.7. The summed E-state index contributed by atoms with van der Waals surface area (Å²) in [5.41, 5.74) is 0.653. The van der Waals surface area contributed by atoms with Crippen LogP contribution in [0.4, 0.5) is 0 Å². The van der Waals surface area contributed by atoms with Gasteiger partial charge in [-0.15, -0.1) is 6.58 Å². The average molecular weight is 204 g/mol. The topological polar surface area (TPSA) is 47.6 Å². The molecule has 0 N–H and O–H groups in total. The predicted molar refractivity (Wildman–Crippen MR) is 63.7 cm³/mol. The zero-order valence-electron chi connectivity index (χ0n) is 10.1. The monoisotopic (exact) mass is 204 g/mol. The van der Waals surface area contributed by atoms with Crippen molar-refractivity contribution in [2.75, 3.05) is 0 Å². The van der Waals surface area contributed by atoms with Crippen molar-refractivity contribution in [2.24, 2.45) is 17.8 Å². The minimum absolute atomic E-state index is 0.0231. The predicted octanol–water partition coefficient (Wildman–Crippen LogP) is 3.69. The van der Waals surface area contributed by atoms with Crippen LogP contribution in [0.3, 0.4) is 0 Å². The van der Waals surface area contributed by atoms with Crippen molar-refractivity contribution < 1.29 is 0 Å². The number of hydrogen-bond acceptors (Lipinski definition) is 2. The first-order chi connectivity index (χ1) is 6.90. The van der Waals surface area contributed by atoms with Gasteiger partial charge in [-0.2, -0.15) is 10.5 Å². The molecule has 82 valence electrons. The number of nitriles is 2. The van der Waals surface area contributed by atoms with Gasteiger partial charge in [0.15, 0.2) is 0 Å². The molecule has 0 aromatic rings. The van der Waals surface area contributed by atoms with Crippen LogP contribution in [0.25, 0.3) is 0 Å². The second-order valence-corrected chi connectivity index (χ2v) is 3.93. The Bertz CT molecular complexity index is 274. The fraction of sp³-hybridized carbons (Fsp3) is 0.538. The molecule has 1 atom stereocenters. The molecule has 0 aromatic heterocycles. The van der Waals surface area contributed by atoms with E-state index in [-0.39, 0.29) is 5.92 Å². The first kappa shape index (κ1) is 15.9. The second kappa shape index (κ2) is 9.03. The molecule has 0 saturated carbocycles. The van der Waals surface area contributed by atoms with Crippen LogP contribution in [0.5, 0.6) is 0 Å². The molecule has 0 aliphatic rings. The molecule has 0 radical (unpaired) electrons. The van der Waals surface area contributed by atoms with E-state index in [2.05, 4.69) is 19.2 Å². The quantitative estimate of drug-likeness (QED) is 0.520. The van der Waals surface area contributed by atoms with Gasteiger partial charge >= 0.3 is 0 Å². The maximum Gasteiger partial charge on any atom is 0.0943 e. The highest BCUT2D eigenvalue weighted by atomic mass is 14.3. The first-order valence-corrected chi connectivity index (χ1v) is 5.01. The van der Waals surface area contributed by atoms with Crippen molar-refractivity contribution in [1.82, 2.24) is 0 Å². The Hall–Kier alpha value is -1.54. The molecular formula is C13H20N2. The lowest BCUT2D eigenvalue weighted by atomic mass is 9.98. The molecule has 2 heteroatoms. The highest BCUT2D eigenvalue weighted by Gasteiger charge is 2.04. The van der Waals surface area contributed by atoms with E-state index in [1.165, 1.54) is 0 Å². The molecule has 0 heterocycles. The van der Waals surface area contributed by atoms with Gasteiger partial charge in [-0.3, -0.25) is 0 Å². The van der Waals surface area contributed by atoms with Gasteiger partial charge in [0.2, 0.25) is 0 Å². The molecule has 0 spiro atoms. The van der Waals surface area contributed by atoms with E-state index in [4.69, 9.17) is 10.5 Å². The van der Waals surface area contributed by atoms with Crippen LogP contribution >= 0.6 is 0 Å². The Morgan fingerprint density at radius 2 is 1.67 bits per heavy atom. The van der Waals surface area contributed by atoms with Crippen LogP contribution < -0.4 is 0 Å². The van der Waals surface area contributed by atoms with E-state index in [1.807, 2.05) is 33.8 Å². The Labute approximate surface area is 93.5 Å². The summed E-state index contributed by atoms with van der Waals surface area (Å²) in [6.45, 7) is 15.0. The van der Waals surface area contributed by atoms with Gasteiger partial charge in [0, 0.05) is 5.57 Å². The Morgan fingerprint density at radius 1 is 1.20 bits per heavy atom. The third-order valence-electron chi connectivity index (χ3n) is 1.96. The number of hydrogen-bond donors (Lipinski definition) is 0. The summed E-state index contributed by atoms with van der Waals surface area (Å²) in [4.78, 5) is 0. The van der Waals surface area contributed by atoms with Crippen molar-refractivity contribution in [2.45, 2.75) is 27.7 Å². The SMILES string of the molecule is C=C(C#N)C(C)C.C=CC(C#N)C(C)C. The Balaban J connectivity index is 0. The minimum Gasteiger partial charge on any atom is -0.198 e. The van der Waals surface area contributed by atoms with Gasteiger partial charge in [-0.05, 0) is 11.8 Å². The lowest BCUT2D eigenvalue weighted by Crippen LogP contribution is -2.00. The van der Waals surface area contributed by atoms with Gasteiger partial charge in [-0.25, -0.2) is 0 Å². The van der Waals surface area contributed by atoms with Gasteiger partial charge in [0.1, 0.15) is 0 Å². The largest absolute Gasteiger partial charge is 0.198 e. The molecule has 0 saturated heterocycles. The van der Waals surface area contributed by atoms with E-state index < -0.39 is 0 Å². The summed E-state index contributed by atoms with van der Waals surface area (Å²) in [6.07, 6.45) is 1.69. The van der Waals surface area contributed by atoms with Crippen LogP contribution in [0.2, 0.25) is 0 Å². The third-order valence-corrected chi connectivity index (χ3v) is 1.96. The number of rotatable bonds is 3. The maximum atomic E-state index is 8.38. The molecule has 1 unspecified atom stereocenters. The fourth-order valence-corrected chi connectivity index (χ4v) is 0.603. The van der Waals surface area contributed by atoms with Gasteiger partial charge in [0.05, 0.1) is 18.1 Å². The molecule has 2 nitrogen and oxygen atoms in total. The zero-order valence-corrected chi connectivity index (χ0v) is 10.1. The summed E-state index contributed by atoms with van der Waals surface area (Å²) >= 11 is 0. The lowest BCUT2D eigenvalue weighted by molar-refractivity contribution is 0.561. The maximum absolute atomic E-state index is 8.38. The molecule has 0 aliphatic heterocycles. The van der Waals surface area contributed by atoms with Crippen molar-refractivity contribution in [3.8, 4) is 12.1 Å². The molecule has 0 fully saturated rings. The summed E-state index contributed by atoms with van der Waals surface area (Å²) in [5, 5.41) is 16.5. The fourth-order valence-electron chi connectivity index (χ4n) is 0.603. The third kappa shape index (κ3) is 8.78. The second-order valence-electron chi connectivity index (χ2n) is 3.93. The van der Waals surface area contributed by atoms with Crippen molar-refractivity contribution >= 4 is 0 Å². The van der Waals surface area contributed by atoms with Crippen LogP contribution in [0.15, 0.2) is 24.8 Å². The molecule has 0 amide bonds. The van der Waals surface area contributed by atoms with E-state index in [0.29, 0.717) is 17.4 Å². The standard InChI is InChI=1S/C7H11N.C6H9N/c1-4-7(5-8)6(2)3;1-5(2)6(3)4-7/h4,6-7H,1H2,2-3H3;5H,3H2,1-2H3. The lowest BCUT2D eigenvalue weighted by Gasteiger charge is -2.04. The van der Waals surface area contributed by atoms with Gasteiger partial charge in [0.25, 0.3) is 0 Å². The van der Waals surface area contributed by atoms with Gasteiger partial charge in [-0.1, -0.05) is 40.3 Å². The number of allylic oxidation sites excluding steroid dienone is 2.